The molecule has 1 aliphatic rings. The Hall–Kier alpha value is -4.13. The van der Waals surface area contributed by atoms with E-state index in [1.165, 1.54) is 4.90 Å². The van der Waals surface area contributed by atoms with E-state index < -0.39 is 17.7 Å². The van der Waals surface area contributed by atoms with Crippen LogP contribution in [-0.2, 0) is 16.1 Å². The molecule has 0 aliphatic carbocycles. The van der Waals surface area contributed by atoms with Crippen molar-refractivity contribution < 1.29 is 24.2 Å². The van der Waals surface area contributed by atoms with Crippen LogP contribution in [0.5, 0.6) is 11.5 Å². The Morgan fingerprint density at radius 2 is 1.82 bits per heavy atom. The molecule has 1 aromatic heterocycles. The number of carbonyl (C=O) groups excluding carboxylic acids is 2. The number of ether oxygens (including phenoxy) is 2. The quantitative estimate of drug-likeness (QED) is 0.319. The molecule has 1 atom stereocenters. The number of hydrogen-bond acceptors (Lipinski definition) is 6. The minimum absolute atomic E-state index is 0.00645. The fourth-order valence-electron chi connectivity index (χ4n) is 4.01. The van der Waals surface area contributed by atoms with Gasteiger partial charge in [-0.05, 0) is 67.4 Å². The molecule has 1 saturated heterocycles. The molecule has 1 N–H and O–H groups in total. The molecule has 7 heteroatoms. The number of ketones is 1. The maximum absolute atomic E-state index is 13.2. The average Bonchev–Trinajstić information content (AvgIpc) is 3.09. The van der Waals surface area contributed by atoms with Gasteiger partial charge in [0.2, 0.25) is 0 Å². The lowest BCUT2D eigenvalue weighted by molar-refractivity contribution is -0.140. The molecule has 0 radical (unpaired) electrons. The standard InChI is InChI=1S/C27H26N2O5/c1-17(2)34-21-11-9-19(10-12-21)25(30)23-24(20-7-5-13-28-15-20)29(27(32)26(23)31)16-18-6-4-8-22(14-18)33-3/h4-15,17,24,30H,16H2,1-3H3/b25-23-. The number of rotatable bonds is 7. The fraction of sp³-hybridized carbons (Fsp3) is 0.222. The van der Waals surface area contributed by atoms with Crippen molar-refractivity contribution in [2.45, 2.75) is 32.5 Å². The molecule has 34 heavy (non-hydrogen) atoms. The van der Waals surface area contributed by atoms with Crippen molar-refractivity contribution in [1.29, 1.82) is 0 Å². The van der Waals surface area contributed by atoms with Crippen LogP contribution in [0.1, 0.15) is 36.6 Å². The molecular weight excluding hydrogens is 432 g/mol. The number of amides is 1. The van der Waals surface area contributed by atoms with Crippen molar-refractivity contribution in [3.8, 4) is 11.5 Å². The zero-order chi connectivity index (χ0) is 24.2. The summed E-state index contributed by atoms with van der Waals surface area (Å²) in [7, 11) is 1.57. The number of aromatic nitrogens is 1. The molecular formula is C27H26N2O5. The normalized spacial score (nSPS) is 17.3. The van der Waals surface area contributed by atoms with Gasteiger partial charge < -0.3 is 19.5 Å². The Labute approximate surface area is 198 Å². The van der Waals surface area contributed by atoms with Gasteiger partial charge in [0.25, 0.3) is 11.7 Å². The van der Waals surface area contributed by atoms with Crippen molar-refractivity contribution in [3.63, 3.8) is 0 Å². The summed E-state index contributed by atoms with van der Waals surface area (Å²) < 4.78 is 10.9. The summed E-state index contributed by atoms with van der Waals surface area (Å²) in [4.78, 5) is 31.9. The van der Waals surface area contributed by atoms with Gasteiger partial charge in [0.05, 0.1) is 24.8 Å². The van der Waals surface area contributed by atoms with Gasteiger partial charge in [0.1, 0.15) is 17.3 Å². The summed E-state index contributed by atoms with van der Waals surface area (Å²) in [5.74, 6) is -0.365. The molecule has 2 heterocycles. The van der Waals surface area contributed by atoms with Crippen LogP contribution in [0, 0.1) is 0 Å². The maximum atomic E-state index is 13.2. The second kappa shape index (κ2) is 9.79. The van der Waals surface area contributed by atoms with Gasteiger partial charge >= 0.3 is 0 Å². The van der Waals surface area contributed by atoms with Crippen LogP contribution in [0.4, 0.5) is 0 Å². The number of benzene rings is 2. The van der Waals surface area contributed by atoms with E-state index in [1.807, 2.05) is 38.1 Å². The molecule has 7 nitrogen and oxygen atoms in total. The lowest BCUT2D eigenvalue weighted by Crippen LogP contribution is -2.29. The largest absolute Gasteiger partial charge is 0.507 e. The number of nitrogens with zero attached hydrogens (tertiary/aromatic N) is 2. The van der Waals surface area contributed by atoms with Crippen LogP contribution in [0.3, 0.4) is 0 Å². The number of Topliss-reactive ketones (excluding diaryl/α,β-unsaturated/α-hetero) is 1. The van der Waals surface area contributed by atoms with Gasteiger partial charge in [-0.1, -0.05) is 18.2 Å². The highest BCUT2D eigenvalue weighted by atomic mass is 16.5. The Morgan fingerprint density at radius 3 is 2.47 bits per heavy atom. The molecule has 1 fully saturated rings. The van der Waals surface area contributed by atoms with Crippen molar-refractivity contribution in [1.82, 2.24) is 9.88 Å². The van der Waals surface area contributed by atoms with Crippen LogP contribution in [-0.4, -0.2) is 39.9 Å². The van der Waals surface area contributed by atoms with Crippen LogP contribution >= 0.6 is 0 Å². The number of pyridine rings is 1. The molecule has 3 aromatic rings. The van der Waals surface area contributed by atoms with Gasteiger partial charge in [-0.2, -0.15) is 0 Å². The number of likely N-dealkylation sites (tertiary alicyclic amines) is 1. The van der Waals surface area contributed by atoms with Crippen LogP contribution in [0.2, 0.25) is 0 Å². The molecule has 174 valence electrons. The number of hydrogen-bond donors (Lipinski definition) is 1. The van der Waals surface area contributed by atoms with Crippen molar-refractivity contribution >= 4 is 17.4 Å². The fourth-order valence-corrected chi connectivity index (χ4v) is 4.01. The van der Waals surface area contributed by atoms with E-state index in [9.17, 15) is 14.7 Å². The topological polar surface area (TPSA) is 89.0 Å². The second-order valence-corrected chi connectivity index (χ2v) is 8.26. The van der Waals surface area contributed by atoms with Gasteiger partial charge in [-0.15, -0.1) is 0 Å². The first-order chi connectivity index (χ1) is 16.4. The molecule has 0 saturated carbocycles. The highest BCUT2D eigenvalue weighted by Gasteiger charge is 2.46. The van der Waals surface area contributed by atoms with E-state index in [0.29, 0.717) is 22.6 Å². The molecule has 2 aromatic carbocycles. The Morgan fingerprint density at radius 1 is 1.06 bits per heavy atom. The second-order valence-electron chi connectivity index (χ2n) is 8.26. The SMILES string of the molecule is COc1cccc(CN2C(=O)C(=O)/C(=C(\O)c3ccc(OC(C)C)cc3)C2c2cccnc2)c1. The number of aliphatic hydroxyl groups excluding tert-OH is 1. The Balaban J connectivity index is 1.77. The summed E-state index contributed by atoms with van der Waals surface area (Å²) in [5, 5.41) is 11.2. The third-order valence-corrected chi connectivity index (χ3v) is 5.53. The highest BCUT2D eigenvalue weighted by molar-refractivity contribution is 6.46. The number of aliphatic hydroxyl groups is 1. The minimum atomic E-state index is -0.786. The van der Waals surface area contributed by atoms with Crippen molar-refractivity contribution in [2.75, 3.05) is 7.11 Å². The molecule has 1 amide bonds. The Kier molecular flexibility index (Phi) is 6.63. The first-order valence-corrected chi connectivity index (χ1v) is 11.0. The predicted octanol–water partition coefficient (Wildman–Crippen LogP) is 4.50. The highest BCUT2D eigenvalue weighted by Crippen LogP contribution is 2.40. The van der Waals surface area contributed by atoms with Crippen LogP contribution in [0.25, 0.3) is 5.76 Å². The van der Waals surface area contributed by atoms with Crippen LogP contribution in [0.15, 0.2) is 78.6 Å². The third kappa shape index (κ3) is 4.64. The number of carbonyl (C=O) groups is 2. The Bertz CT molecular complexity index is 1220. The van der Waals surface area contributed by atoms with E-state index in [1.54, 1.807) is 55.9 Å². The summed E-state index contributed by atoms with van der Waals surface area (Å²) in [5.41, 5.74) is 1.87. The summed E-state index contributed by atoms with van der Waals surface area (Å²) in [6, 6.07) is 16.8. The summed E-state index contributed by atoms with van der Waals surface area (Å²) in [6.07, 6.45) is 3.22. The predicted molar refractivity (Wildman–Crippen MR) is 127 cm³/mol. The van der Waals surface area contributed by atoms with Crippen LogP contribution < -0.4 is 9.47 Å². The molecule has 1 unspecified atom stereocenters. The monoisotopic (exact) mass is 458 g/mol. The maximum Gasteiger partial charge on any atom is 0.295 e. The van der Waals surface area contributed by atoms with Crippen molar-refractivity contribution in [2.24, 2.45) is 0 Å². The smallest absolute Gasteiger partial charge is 0.295 e. The van der Waals surface area contributed by atoms with E-state index in [-0.39, 0.29) is 24.0 Å². The van der Waals surface area contributed by atoms with Gasteiger partial charge in [0.15, 0.2) is 0 Å². The van der Waals surface area contributed by atoms with E-state index >= 15 is 0 Å². The zero-order valence-corrected chi connectivity index (χ0v) is 19.3. The summed E-state index contributed by atoms with van der Waals surface area (Å²) in [6.45, 7) is 4.01. The average molecular weight is 459 g/mol. The summed E-state index contributed by atoms with van der Waals surface area (Å²) >= 11 is 0. The minimum Gasteiger partial charge on any atom is -0.507 e. The molecule has 0 spiro atoms. The first kappa shape index (κ1) is 23.0. The van der Waals surface area contributed by atoms with E-state index in [2.05, 4.69) is 4.98 Å². The van der Waals surface area contributed by atoms with Gasteiger partial charge in [-0.3, -0.25) is 14.6 Å². The van der Waals surface area contributed by atoms with Gasteiger partial charge in [-0.25, -0.2) is 0 Å². The third-order valence-electron chi connectivity index (χ3n) is 5.53. The van der Waals surface area contributed by atoms with E-state index in [0.717, 1.165) is 5.56 Å². The zero-order valence-electron chi connectivity index (χ0n) is 19.3. The lowest BCUT2D eigenvalue weighted by Gasteiger charge is -2.25. The van der Waals surface area contributed by atoms with Gasteiger partial charge in [0, 0.05) is 24.5 Å². The molecule has 1 aliphatic heterocycles. The van der Waals surface area contributed by atoms with E-state index in [4.69, 9.17) is 9.47 Å². The number of methoxy groups -OCH3 is 1. The first-order valence-electron chi connectivity index (χ1n) is 11.0. The van der Waals surface area contributed by atoms with Crippen molar-refractivity contribution in [3.05, 3.63) is 95.3 Å². The molecule has 4 rings (SSSR count). The molecule has 0 bridgehead atoms. The lowest BCUT2D eigenvalue weighted by atomic mass is 9.96.